The molecule has 1 heterocycles. The van der Waals surface area contributed by atoms with Crippen molar-refractivity contribution in [2.75, 3.05) is 0 Å². The Morgan fingerprint density at radius 3 is 2.54 bits per heavy atom. The van der Waals surface area contributed by atoms with Crippen molar-refractivity contribution in [3.63, 3.8) is 0 Å². The number of nitro groups is 1. The minimum atomic E-state index is -0.639. The second-order valence-corrected chi connectivity index (χ2v) is 5.88. The monoisotopic (exact) mass is 375 g/mol. The van der Waals surface area contributed by atoms with Crippen molar-refractivity contribution in [2.45, 2.75) is 6.54 Å². The highest BCUT2D eigenvalue weighted by atomic mass is 35.5. The summed E-state index contributed by atoms with van der Waals surface area (Å²) in [7, 11) is 0. The molecular formula is C17H11ClFN3O4. The van der Waals surface area contributed by atoms with E-state index in [1.807, 2.05) is 0 Å². The van der Waals surface area contributed by atoms with Gasteiger partial charge in [-0.1, -0.05) is 29.8 Å². The molecule has 0 bridgehead atoms. The summed E-state index contributed by atoms with van der Waals surface area (Å²) in [6.45, 7) is -0.0247. The van der Waals surface area contributed by atoms with Gasteiger partial charge < -0.3 is 5.32 Å². The van der Waals surface area contributed by atoms with E-state index in [2.05, 4.69) is 5.32 Å². The molecule has 3 rings (SSSR count). The molecule has 26 heavy (non-hydrogen) atoms. The van der Waals surface area contributed by atoms with Gasteiger partial charge in [0, 0.05) is 6.07 Å². The maximum atomic E-state index is 12.9. The van der Waals surface area contributed by atoms with Crippen LogP contribution in [0.4, 0.5) is 14.9 Å². The molecule has 0 radical (unpaired) electrons. The Labute approximate surface area is 151 Å². The van der Waals surface area contributed by atoms with E-state index in [0.717, 1.165) is 4.90 Å². The Morgan fingerprint density at radius 2 is 1.88 bits per heavy atom. The molecule has 2 aromatic rings. The van der Waals surface area contributed by atoms with Crippen LogP contribution in [0, 0.1) is 15.9 Å². The summed E-state index contributed by atoms with van der Waals surface area (Å²) in [6, 6.07) is 8.81. The number of carbonyl (C=O) groups is 2. The number of urea groups is 1. The molecule has 0 aliphatic carbocycles. The van der Waals surface area contributed by atoms with Gasteiger partial charge >= 0.3 is 6.03 Å². The highest BCUT2D eigenvalue weighted by Crippen LogP contribution is 2.26. The van der Waals surface area contributed by atoms with Crippen LogP contribution in [0.2, 0.25) is 5.02 Å². The lowest BCUT2D eigenvalue weighted by molar-refractivity contribution is -0.384. The zero-order valence-electron chi connectivity index (χ0n) is 13.1. The van der Waals surface area contributed by atoms with E-state index in [1.165, 1.54) is 48.5 Å². The number of carbonyl (C=O) groups excluding carboxylic acids is 2. The SMILES string of the molecule is O=C1N/C(=C/c2ccc(Cl)c([N+](=O)[O-])c2)C(=O)N1Cc1ccc(F)cc1. The summed E-state index contributed by atoms with van der Waals surface area (Å²) >= 11 is 5.75. The van der Waals surface area contributed by atoms with Crippen LogP contribution >= 0.6 is 11.6 Å². The fourth-order valence-corrected chi connectivity index (χ4v) is 2.60. The van der Waals surface area contributed by atoms with Crippen LogP contribution < -0.4 is 5.32 Å². The van der Waals surface area contributed by atoms with Gasteiger partial charge in [-0.05, 0) is 35.4 Å². The van der Waals surface area contributed by atoms with Crippen molar-refractivity contribution < 1.29 is 18.9 Å². The lowest BCUT2D eigenvalue weighted by Gasteiger charge is -2.11. The molecule has 0 atom stereocenters. The summed E-state index contributed by atoms with van der Waals surface area (Å²) in [4.78, 5) is 35.7. The Kier molecular flexibility index (Phi) is 4.68. The number of nitro benzene ring substituents is 1. The lowest BCUT2D eigenvalue weighted by atomic mass is 10.1. The molecule has 132 valence electrons. The van der Waals surface area contributed by atoms with E-state index < -0.39 is 22.7 Å². The average Bonchev–Trinajstić information content (AvgIpc) is 2.85. The quantitative estimate of drug-likeness (QED) is 0.383. The zero-order valence-corrected chi connectivity index (χ0v) is 13.9. The molecule has 2 aromatic carbocycles. The van der Waals surface area contributed by atoms with Crippen LogP contribution in [-0.4, -0.2) is 21.8 Å². The number of hydrogen-bond acceptors (Lipinski definition) is 4. The first-order valence-corrected chi connectivity index (χ1v) is 7.76. The number of benzene rings is 2. The molecule has 0 aromatic heterocycles. The smallest absolute Gasteiger partial charge is 0.303 e. The Hall–Kier alpha value is -3.26. The van der Waals surface area contributed by atoms with Gasteiger partial charge in [0.2, 0.25) is 0 Å². The van der Waals surface area contributed by atoms with Gasteiger partial charge in [-0.3, -0.25) is 19.8 Å². The third-order valence-electron chi connectivity index (χ3n) is 3.69. The molecule has 0 spiro atoms. The molecule has 0 saturated carbocycles. The molecule has 1 saturated heterocycles. The summed E-state index contributed by atoms with van der Waals surface area (Å²) in [5, 5.41) is 13.3. The van der Waals surface area contributed by atoms with Crippen molar-refractivity contribution in [3.8, 4) is 0 Å². The highest BCUT2D eigenvalue weighted by molar-refractivity contribution is 6.32. The van der Waals surface area contributed by atoms with E-state index in [4.69, 9.17) is 11.6 Å². The van der Waals surface area contributed by atoms with Gasteiger partial charge in [-0.2, -0.15) is 0 Å². The number of nitrogens with one attached hydrogen (secondary N) is 1. The van der Waals surface area contributed by atoms with Crippen LogP contribution in [0.1, 0.15) is 11.1 Å². The molecule has 9 heteroatoms. The second kappa shape index (κ2) is 6.93. The second-order valence-electron chi connectivity index (χ2n) is 5.47. The van der Waals surface area contributed by atoms with Gasteiger partial charge in [0.25, 0.3) is 11.6 Å². The van der Waals surface area contributed by atoms with Crippen molar-refractivity contribution in [1.82, 2.24) is 10.2 Å². The number of hydrogen-bond donors (Lipinski definition) is 1. The fourth-order valence-electron chi connectivity index (χ4n) is 2.41. The molecule has 1 fully saturated rings. The third kappa shape index (κ3) is 3.55. The van der Waals surface area contributed by atoms with E-state index in [9.17, 15) is 24.1 Å². The standard InChI is InChI=1S/C17H11ClFN3O4/c18-13-6-3-11(8-15(13)22(25)26)7-14-16(23)21(17(24)20-14)9-10-1-4-12(19)5-2-10/h1-8H,9H2,(H,20,24)/b14-7+. The normalized spacial score (nSPS) is 15.5. The van der Waals surface area contributed by atoms with Crippen molar-refractivity contribution in [2.24, 2.45) is 0 Å². The van der Waals surface area contributed by atoms with Gasteiger partial charge in [0.15, 0.2) is 0 Å². The molecule has 1 aliphatic rings. The van der Waals surface area contributed by atoms with Gasteiger partial charge in [-0.25, -0.2) is 9.18 Å². The number of halogens is 2. The van der Waals surface area contributed by atoms with Crippen LogP contribution in [-0.2, 0) is 11.3 Å². The first kappa shape index (κ1) is 17.6. The molecule has 1 N–H and O–H groups in total. The highest BCUT2D eigenvalue weighted by Gasteiger charge is 2.33. The summed E-state index contributed by atoms with van der Waals surface area (Å²) in [6.07, 6.45) is 1.33. The largest absolute Gasteiger partial charge is 0.329 e. The number of imide groups is 1. The van der Waals surface area contributed by atoms with Crippen LogP contribution in [0.3, 0.4) is 0 Å². The zero-order chi connectivity index (χ0) is 18.8. The Balaban J connectivity index is 1.84. The van der Waals surface area contributed by atoms with E-state index in [0.29, 0.717) is 11.1 Å². The van der Waals surface area contributed by atoms with E-state index in [1.54, 1.807) is 0 Å². The number of rotatable bonds is 4. The predicted molar refractivity (Wildman–Crippen MR) is 91.6 cm³/mol. The minimum absolute atomic E-state index is 0.0197. The number of nitrogens with zero attached hydrogens (tertiary/aromatic N) is 2. The molecular weight excluding hydrogens is 365 g/mol. The van der Waals surface area contributed by atoms with Crippen LogP contribution in [0.25, 0.3) is 6.08 Å². The van der Waals surface area contributed by atoms with E-state index >= 15 is 0 Å². The minimum Gasteiger partial charge on any atom is -0.303 e. The first-order valence-electron chi connectivity index (χ1n) is 7.38. The van der Waals surface area contributed by atoms with Crippen LogP contribution in [0.15, 0.2) is 48.2 Å². The van der Waals surface area contributed by atoms with Gasteiger partial charge in [0.05, 0.1) is 11.5 Å². The molecule has 1 aliphatic heterocycles. The van der Waals surface area contributed by atoms with Crippen molar-refractivity contribution >= 4 is 35.3 Å². The van der Waals surface area contributed by atoms with Crippen molar-refractivity contribution in [1.29, 1.82) is 0 Å². The maximum absolute atomic E-state index is 12.9. The average molecular weight is 376 g/mol. The summed E-state index contributed by atoms with van der Waals surface area (Å²) in [5.41, 5.74) is 0.598. The number of amides is 3. The van der Waals surface area contributed by atoms with Gasteiger partial charge in [0.1, 0.15) is 16.5 Å². The third-order valence-corrected chi connectivity index (χ3v) is 4.01. The Bertz CT molecular complexity index is 944. The fraction of sp³-hybridized carbons (Fsp3) is 0.0588. The summed E-state index contributed by atoms with van der Waals surface area (Å²) in [5.74, 6) is -1.01. The Morgan fingerprint density at radius 1 is 1.19 bits per heavy atom. The molecule has 7 nitrogen and oxygen atoms in total. The molecule has 0 unspecified atom stereocenters. The lowest BCUT2D eigenvalue weighted by Crippen LogP contribution is -2.30. The topological polar surface area (TPSA) is 92.5 Å². The maximum Gasteiger partial charge on any atom is 0.329 e. The van der Waals surface area contributed by atoms with E-state index in [-0.39, 0.29) is 23.0 Å². The predicted octanol–water partition coefficient (Wildman–Crippen LogP) is 3.48. The first-order chi connectivity index (χ1) is 12.3. The van der Waals surface area contributed by atoms with Crippen molar-refractivity contribution in [3.05, 3.63) is 80.2 Å². The molecule has 3 amide bonds. The van der Waals surface area contributed by atoms with Crippen LogP contribution in [0.5, 0.6) is 0 Å². The van der Waals surface area contributed by atoms with Gasteiger partial charge in [-0.15, -0.1) is 0 Å². The summed E-state index contributed by atoms with van der Waals surface area (Å²) < 4.78 is 12.9.